The SMILES string of the molecule is C[C@H](C(=O)NNC(=O)c1ccncc1)N1C(=O)c2cccc([N+](=O)[O-])c2C1=O. The summed E-state index contributed by atoms with van der Waals surface area (Å²) < 4.78 is 0. The highest BCUT2D eigenvalue weighted by Crippen LogP contribution is 2.31. The van der Waals surface area contributed by atoms with E-state index in [0.29, 0.717) is 4.90 Å². The molecule has 0 unspecified atom stereocenters. The first-order valence-electron chi connectivity index (χ1n) is 7.98. The van der Waals surface area contributed by atoms with Gasteiger partial charge in [0.25, 0.3) is 29.3 Å². The molecule has 11 nitrogen and oxygen atoms in total. The van der Waals surface area contributed by atoms with E-state index in [2.05, 4.69) is 15.8 Å². The summed E-state index contributed by atoms with van der Waals surface area (Å²) in [5, 5.41) is 11.1. The van der Waals surface area contributed by atoms with Crippen LogP contribution in [0.5, 0.6) is 0 Å². The van der Waals surface area contributed by atoms with Gasteiger partial charge in [-0.25, -0.2) is 0 Å². The summed E-state index contributed by atoms with van der Waals surface area (Å²) in [4.78, 5) is 64.0. The summed E-state index contributed by atoms with van der Waals surface area (Å²) in [5.41, 5.74) is 3.49. The first-order chi connectivity index (χ1) is 13.3. The molecule has 2 N–H and O–H groups in total. The number of carbonyl (C=O) groups is 4. The van der Waals surface area contributed by atoms with Crippen molar-refractivity contribution in [1.82, 2.24) is 20.7 Å². The van der Waals surface area contributed by atoms with E-state index in [1.165, 1.54) is 43.6 Å². The lowest BCUT2D eigenvalue weighted by atomic mass is 10.1. The second-order valence-corrected chi connectivity index (χ2v) is 5.79. The van der Waals surface area contributed by atoms with Crippen molar-refractivity contribution in [3.8, 4) is 0 Å². The molecular weight excluding hydrogens is 370 g/mol. The van der Waals surface area contributed by atoms with Gasteiger partial charge in [-0.15, -0.1) is 0 Å². The van der Waals surface area contributed by atoms with E-state index in [9.17, 15) is 29.3 Å². The van der Waals surface area contributed by atoms with Gasteiger partial charge in [-0.1, -0.05) is 6.07 Å². The first-order valence-corrected chi connectivity index (χ1v) is 7.98. The fourth-order valence-corrected chi connectivity index (χ4v) is 2.70. The Kier molecular flexibility index (Phi) is 4.81. The van der Waals surface area contributed by atoms with Gasteiger partial charge in [-0.3, -0.25) is 50.0 Å². The molecule has 0 radical (unpaired) electrons. The number of hydrogen-bond acceptors (Lipinski definition) is 7. The molecule has 4 amide bonds. The Hall–Kier alpha value is -4.15. The Labute approximate surface area is 157 Å². The number of fused-ring (bicyclic) bond motifs is 1. The summed E-state index contributed by atoms with van der Waals surface area (Å²) >= 11 is 0. The maximum absolute atomic E-state index is 12.6. The van der Waals surface area contributed by atoms with E-state index in [1.54, 1.807) is 0 Å². The molecule has 1 atom stereocenters. The highest BCUT2D eigenvalue weighted by atomic mass is 16.6. The fraction of sp³-hybridized carbons (Fsp3) is 0.118. The molecule has 142 valence electrons. The van der Waals surface area contributed by atoms with Crippen molar-refractivity contribution < 1.29 is 24.1 Å². The second kappa shape index (κ2) is 7.23. The van der Waals surface area contributed by atoms with Crippen molar-refractivity contribution in [2.75, 3.05) is 0 Å². The zero-order valence-electron chi connectivity index (χ0n) is 14.4. The van der Waals surface area contributed by atoms with Crippen LogP contribution in [-0.4, -0.2) is 44.5 Å². The number of carbonyl (C=O) groups excluding carboxylic acids is 4. The summed E-state index contributed by atoms with van der Waals surface area (Å²) in [6.45, 7) is 1.27. The zero-order chi connectivity index (χ0) is 20.4. The van der Waals surface area contributed by atoms with E-state index >= 15 is 0 Å². The molecule has 0 spiro atoms. The Morgan fingerprint density at radius 1 is 1.11 bits per heavy atom. The molecule has 0 aliphatic carbocycles. The number of nitrogens with one attached hydrogen (secondary N) is 2. The van der Waals surface area contributed by atoms with Crippen molar-refractivity contribution >= 4 is 29.3 Å². The third kappa shape index (κ3) is 3.16. The van der Waals surface area contributed by atoms with Gasteiger partial charge in [0, 0.05) is 24.0 Å². The van der Waals surface area contributed by atoms with Crippen molar-refractivity contribution in [2.45, 2.75) is 13.0 Å². The van der Waals surface area contributed by atoms with Gasteiger partial charge in [0.05, 0.1) is 10.5 Å². The van der Waals surface area contributed by atoms with Gasteiger partial charge in [0.2, 0.25) is 0 Å². The fourth-order valence-electron chi connectivity index (χ4n) is 2.70. The molecular formula is C17H13N5O6. The molecule has 11 heteroatoms. The molecule has 0 saturated heterocycles. The van der Waals surface area contributed by atoms with Crippen LogP contribution in [0.1, 0.15) is 38.0 Å². The van der Waals surface area contributed by atoms with Crippen molar-refractivity contribution in [3.05, 3.63) is 69.5 Å². The number of nitro groups is 1. The third-order valence-electron chi connectivity index (χ3n) is 4.13. The maximum Gasteiger partial charge on any atom is 0.282 e. The lowest BCUT2D eigenvalue weighted by Gasteiger charge is -2.21. The monoisotopic (exact) mass is 383 g/mol. The van der Waals surface area contributed by atoms with Crippen LogP contribution in [0.25, 0.3) is 0 Å². The predicted octanol–water partition coefficient (Wildman–Crippen LogP) is 0.435. The van der Waals surface area contributed by atoms with E-state index in [-0.39, 0.29) is 16.7 Å². The maximum atomic E-state index is 12.6. The number of imide groups is 1. The number of pyridine rings is 1. The number of benzene rings is 1. The molecule has 0 fully saturated rings. The lowest BCUT2D eigenvalue weighted by Crippen LogP contribution is -2.52. The van der Waals surface area contributed by atoms with E-state index in [4.69, 9.17) is 0 Å². The molecule has 0 bridgehead atoms. The lowest BCUT2D eigenvalue weighted by molar-refractivity contribution is -0.385. The van der Waals surface area contributed by atoms with Crippen LogP contribution in [-0.2, 0) is 4.79 Å². The minimum absolute atomic E-state index is 0.153. The average molecular weight is 383 g/mol. The first kappa shape index (κ1) is 18.6. The summed E-state index contributed by atoms with van der Waals surface area (Å²) in [5.74, 6) is -3.25. The minimum Gasteiger partial charge on any atom is -0.271 e. The quantitative estimate of drug-likeness (QED) is 0.441. The van der Waals surface area contributed by atoms with Gasteiger partial charge in [-0.2, -0.15) is 0 Å². The van der Waals surface area contributed by atoms with Crippen LogP contribution in [0.15, 0.2) is 42.7 Å². The molecule has 2 aromatic rings. The van der Waals surface area contributed by atoms with Crippen molar-refractivity contribution in [3.63, 3.8) is 0 Å². The van der Waals surface area contributed by atoms with Crippen LogP contribution < -0.4 is 10.9 Å². The van der Waals surface area contributed by atoms with Crippen LogP contribution in [0.2, 0.25) is 0 Å². The van der Waals surface area contributed by atoms with Gasteiger partial charge in [0.1, 0.15) is 11.6 Å². The Bertz CT molecular complexity index is 1010. The van der Waals surface area contributed by atoms with E-state index in [0.717, 1.165) is 6.07 Å². The zero-order valence-corrected chi connectivity index (χ0v) is 14.4. The molecule has 1 aliphatic heterocycles. The molecule has 28 heavy (non-hydrogen) atoms. The summed E-state index contributed by atoms with van der Waals surface area (Å²) in [6, 6.07) is 5.20. The van der Waals surface area contributed by atoms with Crippen molar-refractivity contribution in [1.29, 1.82) is 0 Å². The Balaban J connectivity index is 1.75. The Morgan fingerprint density at radius 3 is 2.43 bits per heavy atom. The van der Waals surface area contributed by atoms with Crippen LogP contribution in [0.4, 0.5) is 5.69 Å². The van der Waals surface area contributed by atoms with Gasteiger partial charge < -0.3 is 0 Å². The highest BCUT2D eigenvalue weighted by Gasteiger charge is 2.44. The standard InChI is InChI=1S/C17H13N5O6/c1-9(14(23)19-20-15(24)10-5-7-18-8-6-10)21-16(25)11-3-2-4-12(22(27)28)13(11)17(21)26/h2-9H,1H3,(H,19,23)(H,20,24)/t9-/m1/s1. The predicted molar refractivity (Wildman–Crippen MR) is 92.9 cm³/mol. The number of hydrazine groups is 1. The third-order valence-corrected chi connectivity index (χ3v) is 4.13. The summed E-state index contributed by atoms with van der Waals surface area (Å²) in [7, 11) is 0. The topological polar surface area (TPSA) is 152 Å². The molecule has 1 aromatic heterocycles. The number of amides is 4. The number of nitrogens with zero attached hydrogens (tertiary/aromatic N) is 3. The summed E-state index contributed by atoms with van der Waals surface area (Å²) in [6.07, 6.45) is 2.79. The van der Waals surface area contributed by atoms with Crippen LogP contribution >= 0.6 is 0 Å². The highest BCUT2D eigenvalue weighted by molar-refractivity contribution is 6.24. The van der Waals surface area contributed by atoms with Crippen LogP contribution in [0, 0.1) is 10.1 Å². The molecule has 1 aliphatic rings. The number of nitro benzene ring substituents is 1. The largest absolute Gasteiger partial charge is 0.282 e. The van der Waals surface area contributed by atoms with Gasteiger partial charge in [-0.05, 0) is 25.1 Å². The molecule has 1 aromatic carbocycles. The number of hydrogen-bond donors (Lipinski definition) is 2. The molecule has 0 saturated carbocycles. The molecule has 2 heterocycles. The van der Waals surface area contributed by atoms with Gasteiger partial charge in [0.15, 0.2) is 0 Å². The normalized spacial score (nSPS) is 13.7. The van der Waals surface area contributed by atoms with Gasteiger partial charge >= 0.3 is 0 Å². The van der Waals surface area contributed by atoms with Crippen LogP contribution in [0.3, 0.4) is 0 Å². The second-order valence-electron chi connectivity index (χ2n) is 5.79. The number of rotatable bonds is 4. The van der Waals surface area contributed by atoms with Crippen molar-refractivity contribution in [2.24, 2.45) is 0 Å². The van der Waals surface area contributed by atoms with E-state index < -0.39 is 40.3 Å². The minimum atomic E-state index is -1.32. The average Bonchev–Trinajstić information content (AvgIpc) is 2.96. The number of aromatic nitrogens is 1. The van der Waals surface area contributed by atoms with E-state index in [1.807, 2.05) is 0 Å². The smallest absolute Gasteiger partial charge is 0.271 e. The Morgan fingerprint density at radius 2 is 1.79 bits per heavy atom. The molecule has 3 rings (SSSR count).